The average Bonchev–Trinajstić information content (AvgIpc) is 2.80. The van der Waals surface area contributed by atoms with Gasteiger partial charge in [-0.1, -0.05) is 109 Å². The van der Waals surface area contributed by atoms with Crippen LogP contribution in [0.5, 0.6) is 0 Å². The molecule has 4 aromatic rings. The molecule has 0 aromatic heterocycles. The van der Waals surface area contributed by atoms with Crippen molar-refractivity contribution in [2.24, 2.45) is 4.74 Å². The molecule has 1 nitrogen and oxygen atoms in total. The van der Waals surface area contributed by atoms with Crippen LogP contribution >= 0.6 is 23.7 Å². The topological polar surface area (TPSA) is 12.4 Å². The number of nitrogens with zero attached hydrogens (tertiary/aromatic N) is 1. The Hall–Kier alpha value is -1.39. The first-order chi connectivity index (χ1) is 14.3. The third-order valence-corrected chi connectivity index (χ3v) is 8.08. The van der Waals surface area contributed by atoms with Gasteiger partial charge in [-0.3, -0.25) is 4.74 Å². The summed E-state index contributed by atoms with van der Waals surface area (Å²) in [5.41, 5.74) is 1.01. The minimum absolute atomic E-state index is 1.01. The predicted octanol–water partition coefficient (Wildman–Crippen LogP) is 6.87. The second kappa shape index (κ2) is 11.7. The molecule has 0 aliphatic rings. The molecule has 0 unspecified atom stereocenters. The Morgan fingerprint density at radius 3 is 1.07 bits per heavy atom. The van der Waals surface area contributed by atoms with Gasteiger partial charge in [0.05, 0.1) is 12.7 Å². The van der Waals surface area contributed by atoms with Crippen LogP contribution in [-0.4, -0.2) is 0 Å². The van der Waals surface area contributed by atoms with E-state index in [1.807, 2.05) is 6.07 Å². The molecule has 29 heavy (non-hydrogen) atoms. The summed E-state index contributed by atoms with van der Waals surface area (Å²) >= 11 is -1.07. The number of rotatable bonds is 4. The van der Waals surface area contributed by atoms with Gasteiger partial charge in [-0.05, 0) is 12.1 Å². The molecule has 0 spiro atoms. The maximum Gasteiger partial charge on any atom is 0.0625 e. The molecule has 4 aromatic carbocycles. The fourth-order valence-corrected chi connectivity index (χ4v) is 6.75. The van der Waals surface area contributed by atoms with E-state index >= 15 is 0 Å². The summed E-state index contributed by atoms with van der Waals surface area (Å²) in [7, 11) is 7.80. The number of halogens is 2. The van der Waals surface area contributed by atoms with Gasteiger partial charge in [-0.25, -0.2) is 0 Å². The van der Waals surface area contributed by atoms with Crippen molar-refractivity contribution in [2.45, 2.75) is 0 Å². The van der Waals surface area contributed by atoms with Gasteiger partial charge in [0.15, 0.2) is 0 Å². The second-order valence-electron chi connectivity index (χ2n) is 6.18. The standard InChI is InChI=1S/C24H20NP.Cd.2ClH/c1-5-13-21(14-6-1)25-26(22-15-7-2-8-16-22,23-17-9-3-10-18-23)24-19-11-4-12-20-24;;;/h1-20H;;2*1H/q;+2;;/p-2. The smallest absolute Gasteiger partial charge is 0.0625 e. The van der Waals surface area contributed by atoms with Gasteiger partial charge in [-0.15, -0.1) is 0 Å². The van der Waals surface area contributed by atoms with Crippen molar-refractivity contribution in [3.63, 3.8) is 0 Å². The van der Waals surface area contributed by atoms with Crippen LogP contribution in [0.25, 0.3) is 0 Å². The Labute approximate surface area is 191 Å². The van der Waals surface area contributed by atoms with Crippen molar-refractivity contribution in [3.05, 3.63) is 121 Å². The van der Waals surface area contributed by atoms with Crippen LogP contribution in [0.1, 0.15) is 0 Å². The summed E-state index contributed by atoms with van der Waals surface area (Å²) in [6.45, 7) is 0. The van der Waals surface area contributed by atoms with Crippen LogP contribution < -0.4 is 15.9 Å². The van der Waals surface area contributed by atoms with Crippen LogP contribution in [-0.2, 0) is 21.8 Å². The molecule has 0 amide bonds. The Kier molecular flexibility index (Phi) is 9.00. The molecule has 0 N–H and O–H groups in total. The van der Waals surface area contributed by atoms with Gasteiger partial charge in [0.2, 0.25) is 0 Å². The molecule has 0 heterocycles. The summed E-state index contributed by atoms with van der Waals surface area (Å²) in [4.78, 5) is 0. The maximum atomic E-state index is 5.41. The van der Waals surface area contributed by atoms with Gasteiger partial charge < -0.3 is 0 Å². The van der Waals surface area contributed by atoms with Crippen molar-refractivity contribution in [3.8, 4) is 0 Å². The fraction of sp³-hybridized carbons (Fsp3) is 0. The predicted molar refractivity (Wildman–Crippen MR) is 125 cm³/mol. The number of hydrogen-bond acceptors (Lipinski definition) is 1. The maximum absolute atomic E-state index is 5.41. The molecule has 0 fully saturated rings. The molecular formula is C24H20CdCl2NP. The molecule has 0 saturated carbocycles. The quantitative estimate of drug-likeness (QED) is 0.199. The summed E-state index contributed by atoms with van der Waals surface area (Å²) in [5.74, 6) is 0. The molecule has 0 aliphatic carbocycles. The van der Waals surface area contributed by atoms with Crippen LogP contribution in [0.2, 0.25) is 0 Å². The van der Waals surface area contributed by atoms with Crippen molar-refractivity contribution in [2.75, 3.05) is 0 Å². The number of benzene rings is 4. The molecule has 0 bridgehead atoms. The van der Waals surface area contributed by atoms with Gasteiger partial charge in [-0.2, -0.15) is 0 Å². The van der Waals surface area contributed by atoms with E-state index in [1.165, 1.54) is 15.9 Å². The molecule has 142 valence electrons. The first-order valence-corrected chi connectivity index (χ1v) is 21.2. The first kappa shape index (κ1) is 22.3. The molecular weight excluding hydrogens is 517 g/mol. The summed E-state index contributed by atoms with van der Waals surface area (Å²) in [6, 6.07) is 42.4. The number of hydrogen-bond donors (Lipinski definition) is 0. The molecule has 0 radical (unpaired) electrons. The van der Waals surface area contributed by atoms with E-state index < -0.39 is 28.8 Å². The van der Waals surface area contributed by atoms with Gasteiger partial charge in [0.25, 0.3) is 0 Å². The van der Waals surface area contributed by atoms with Crippen LogP contribution in [0, 0.1) is 0 Å². The zero-order chi connectivity index (χ0) is 20.4. The van der Waals surface area contributed by atoms with E-state index in [1.54, 1.807) is 0 Å². The van der Waals surface area contributed by atoms with Gasteiger partial charge in [0.1, 0.15) is 0 Å². The van der Waals surface area contributed by atoms with Crippen molar-refractivity contribution in [1.29, 1.82) is 0 Å². The van der Waals surface area contributed by atoms with E-state index in [2.05, 4.69) is 115 Å². The monoisotopic (exact) mass is 537 g/mol. The summed E-state index contributed by atoms with van der Waals surface area (Å²) < 4.78 is 5.41. The second-order valence-corrected chi connectivity index (χ2v) is 15.2. The molecule has 5 heteroatoms. The van der Waals surface area contributed by atoms with Crippen LogP contribution in [0.3, 0.4) is 0 Å². The third kappa shape index (κ3) is 5.61. The molecule has 0 aliphatic heterocycles. The van der Waals surface area contributed by atoms with Crippen molar-refractivity contribution >= 4 is 45.3 Å². The minimum Gasteiger partial charge on any atom is -0.254 e. The molecule has 0 atom stereocenters. The van der Waals surface area contributed by atoms with E-state index in [9.17, 15) is 0 Å². The van der Waals surface area contributed by atoms with Gasteiger partial charge >= 0.3 is 38.4 Å². The SMILES string of the molecule is [Cl][Cd][Cl].c1ccc(N=P(c2ccccc2)(c2ccccc2)c2ccccc2)cc1. The Morgan fingerprint density at radius 2 is 0.759 bits per heavy atom. The Morgan fingerprint density at radius 1 is 0.483 bits per heavy atom. The van der Waals surface area contributed by atoms with Gasteiger partial charge in [0, 0.05) is 15.9 Å². The largest absolute Gasteiger partial charge is 0.254 e. The summed E-state index contributed by atoms with van der Waals surface area (Å²) in [6.07, 6.45) is 0. The average molecular weight is 537 g/mol. The van der Waals surface area contributed by atoms with Crippen LogP contribution in [0.4, 0.5) is 5.69 Å². The normalized spacial score (nSPS) is 10.3. The van der Waals surface area contributed by atoms with Crippen molar-refractivity contribution in [1.82, 2.24) is 0 Å². The molecule has 0 saturated heterocycles. The first-order valence-electron chi connectivity index (χ1n) is 9.27. The minimum atomic E-state index is -2.15. The zero-order valence-electron chi connectivity index (χ0n) is 15.9. The van der Waals surface area contributed by atoms with E-state index in [0.29, 0.717) is 0 Å². The fourth-order valence-electron chi connectivity index (χ4n) is 3.22. The molecule has 4 rings (SSSR count). The third-order valence-electron chi connectivity index (χ3n) is 4.41. The van der Waals surface area contributed by atoms with E-state index in [4.69, 9.17) is 21.4 Å². The van der Waals surface area contributed by atoms with Crippen LogP contribution in [0.15, 0.2) is 126 Å². The zero-order valence-corrected chi connectivity index (χ0v) is 22.3. The van der Waals surface area contributed by atoms with E-state index in [0.717, 1.165) is 5.69 Å². The van der Waals surface area contributed by atoms with E-state index in [-0.39, 0.29) is 0 Å². The Balaban J connectivity index is 0.000000755. The summed E-state index contributed by atoms with van der Waals surface area (Å²) in [5, 5.41) is 3.80. The van der Waals surface area contributed by atoms with Crippen molar-refractivity contribution < 1.29 is 21.8 Å². The Bertz CT molecular complexity index is 940.